The maximum atomic E-state index is 8.81. The molecule has 1 aliphatic rings. The summed E-state index contributed by atoms with van der Waals surface area (Å²) in [7, 11) is 0. The second kappa shape index (κ2) is 5.02. The number of nitrogens with zero attached hydrogens (tertiary/aromatic N) is 2. The van der Waals surface area contributed by atoms with Gasteiger partial charge in [0.1, 0.15) is 10.0 Å². The van der Waals surface area contributed by atoms with Crippen LogP contribution in [0.5, 0.6) is 0 Å². The average Bonchev–Trinajstić information content (AvgIpc) is 2.51. The molecule has 4 nitrogen and oxygen atoms in total. The van der Waals surface area contributed by atoms with Crippen molar-refractivity contribution in [2.24, 2.45) is 11.7 Å². The van der Waals surface area contributed by atoms with Crippen LogP contribution in [0.2, 0.25) is 0 Å². The molecule has 1 saturated carbocycles. The molecule has 0 saturated heterocycles. The average molecular weight is 236 g/mol. The molecule has 0 amide bonds. The van der Waals surface area contributed by atoms with Gasteiger partial charge in [-0.1, -0.05) is 11.3 Å². The molecular formula is C8H14ClN3OS. The Labute approximate surface area is 93.0 Å². The van der Waals surface area contributed by atoms with E-state index in [9.17, 15) is 0 Å². The Morgan fingerprint density at radius 1 is 1.43 bits per heavy atom. The van der Waals surface area contributed by atoms with Gasteiger partial charge in [-0.2, -0.15) is 0 Å². The summed E-state index contributed by atoms with van der Waals surface area (Å²) in [5, 5.41) is 18.5. The van der Waals surface area contributed by atoms with Crippen LogP contribution in [0.15, 0.2) is 0 Å². The highest BCUT2D eigenvalue weighted by Crippen LogP contribution is 2.41. The van der Waals surface area contributed by atoms with Crippen LogP contribution >= 0.6 is 23.7 Å². The van der Waals surface area contributed by atoms with E-state index in [1.807, 2.05) is 0 Å². The summed E-state index contributed by atoms with van der Waals surface area (Å²) in [6, 6.07) is 0. The molecule has 1 heterocycles. The normalized spacial score (nSPS) is 25.3. The minimum absolute atomic E-state index is 0. The molecule has 0 aliphatic heterocycles. The topological polar surface area (TPSA) is 72.0 Å². The van der Waals surface area contributed by atoms with Crippen molar-refractivity contribution in [2.45, 2.75) is 25.4 Å². The van der Waals surface area contributed by atoms with Crippen molar-refractivity contribution < 1.29 is 5.11 Å². The first-order chi connectivity index (χ1) is 6.33. The van der Waals surface area contributed by atoms with Crippen LogP contribution in [0.3, 0.4) is 0 Å². The Hall–Kier alpha value is -0.230. The van der Waals surface area contributed by atoms with Gasteiger partial charge in [-0.05, 0) is 25.3 Å². The zero-order valence-electron chi connectivity index (χ0n) is 7.72. The predicted molar refractivity (Wildman–Crippen MR) is 57.6 cm³/mol. The van der Waals surface area contributed by atoms with Gasteiger partial charge in [0.25, 0.3) is 0 Å². The van der Waals surface area contributed by atoms with Gasteiger partial charge < -0.3 is 10.8 Å². The highest BCUT2D eigenvalue weighted by atomic mass is 35.5. The first kappa shape index (κ1) is 11.8. The fourth-order valence-corrected chi connectivity index (χ4v) is 2.45. The standard InChI is InChI=1S/C8H13N3OS.ClH/c9-3-5-1-6(2-5)8-11-10-7(4-12)13-8;/h5-6,12H,1-4,9H2;1H/t5-,6+;. The van der Waals surface area contributed by atoms with Crippen LogP contribution in [-0.4, -0.2) is 21.8 Å². The zero-order chi connectivity index (χ0) is 9.26. The SMILES string of the molecule is Cl.NC[C@H]1C[C@@H](c2nnc(CO)s2)C1. The summed E-state index contributed by atoms with van der Waals surface area (Å²) in [4.78, 5) is 0. The van der Waals surface area contributed by atoms with E-state index in [2.05, 4.69) is 10.2 Å². The Morgan fingerprint density at radius 3 is 2.64 bits per heavy atom. The highest BCUT2D eigenvalue weighted by Gasteiger charge is 2.31. The van der Waals surface area contributed by atoms with Crippen molar-refractivity contribution in [2.75, 3.05) is 6.54 Å². The molecule has 0 bridgehead atoms. The molecule has 1 aliphatic carbocycles. The van der Waals surface area contributed by atoms with Crippen molar-refractivity contribution in [1.82, 2.24) is 10.2 Å². The molecule has 1 fully saturated rings. The number of hydrogen-bond donors (Lipinski definition) is 2. The van der Waals surface area contributed by atoms with Gasteiger partial charge in [0, 0.05) is 5.92 Å². The van der Waals surface area contributed by atoms with Crippen LogP contribution in [0.4, 0.5) is 0 Å². The molecule has 80 valence electrons. The second-order valence-corrected chi connectivity index (χ2v) is 4.56. The Kier molecular flexibility index (Phi) is 4.25. The first-order valence-electron chi connectivity index (χ1n) is 4.46. The number of halogens is 1. The third-order valence-corrected chi connectivity index (χ3v) is 3.61. The fraction of sp³-hybridized carbons (Fsp3) is 0.750. The van der Waals surface area contributed by atoms with E-state index in [4.69, 9.17) is 10.8 Å². The summed E-state index contributed by atoms with van der Waals surface area (Å²) in [6.07, 6.45) is 2.27. The van der Waals surface area contributed by atoms with Crippen molar-refractivity contribution in [3.05, 3.63) is 10.0 Å². The Bertz CT molecular complexity index is 288. The van der Waals surface area contributed by atoms with Crippen molar-refractivity contribution in [3.63, 3.8) is 0 Å². The van der Waals surface area contributed by atoms with E-state index in [0.717, 1.165) is 24.4 Å². The summed E-state index contributed by atoms with van der Waals surface area (Å²) in [6.45, 7) is 0.785. The van der Waals surface area contributed by atoms with E-state index in [0.29, 0.717) is 16.8 Å². The predicted octanol–water partition coefficient (Wildman–Crippen LogP) is 0.905. The van der Waals surface area contributed by atoms with Crippen LogP contribution in [0.1, 0.15) is 28.8 Å². The van der Waals surface area contributed by atoms with Crippen LogP contribution in [-0.2, 0) is 6.61 Å². The lowest BCUT2D eigenvalue weighted by molar-refractivity contribution is 0.270. The van der Waals surface area contributed by atoms with Crippen molar-refractivity contribution in [3.8, 4) is 0 Å². The smallest absolute Gasteiger partial charge is 0.143 e. The van der Waals surface area contributed by atoms with Gasteiger partial charge in [-0.15, -0.1) is 22.6 Å². The molecule has 0 aromatic carbocycles. The van der Waals surface area contributed by atoms with E-state index in [1.165, 1.54) is 11.3 Å². The molecule has 14 heavy (non-hydrogen) atoms. The van der Waals surface area contributed by atoms with E-state index in [1.54, 1.807) is 0 Å². The molecule has 0 spiro atoms. The van der Waals surface area contributed by atoms with Gasteiger partial charge in [0.05, 0.1) is 6.61 Å². The second-order valence-electron chi connectivity index (χ2n) is 3.46. The summed E-state index contributed by atoms with van der Waals surface area (Å²) in [5.74, 6) is 1.22. The molecule has 2 rings (SSSR count). The lowest BCUT2D eigenvalue weighted by Crippen LogP contribution is -2.28. The van der Waals surface area contributed by atoms with Crippen LogP contribution in [0.25, 0.3) is 0 Å². The summed E-state index contributed by atoms with van der Waals surface area (Å²) in [5.41, 5.74) is 5.53. The molecule has 0 atom stereocenters. The molecule has 6 heteroatoms. The maximum Gasteiger partial charge on any atom is 0.143 e. The van der Waals surface area contributed by atoms with Crippen LogP contribution in [0, 0.1) is 5.92 Å². The van der Waals surface area contributed by atoms with E-state index < -0.39 is 0 Å². The number of rotatable bonds is 3. The number of hydrogen-bond acceptors (Lipinski definition) is 5. The molecule has 0 radical (unpaired) electrons. The van der Waals surface area contributed by atoms with Crippen molar-refractivity contribution in [1.29, 1.82) is 0 Å². The van der Waals surface area contributed by atoms with Gasteiger partial charge in [-0.3, -0.25) is 0 Å². The first-order valence-corrected chi connectivity index (χ1v) is 5.28. The number of aliphatic hydroxyl groups excluding tert-OH is 1. The van der Waals surface area contributed by atoms with Gasteiger partial charge in [0.2, 0.25) is 0 Å². The van der Waals surface area contributed by atoms with Gasteiger partial charge in [-0.25, -0.2) is 0 Å². The zero-order valence-corrected chi connectivity index (χ0v) is 9.35. The molecule has 1 aromatic rings. The molecular weight excluding hydrogens is 222 g/mol. The van der Waals surface area contributed by atoms with E-state index >= 15 is 0 Å². The largest absolute Gasteiger partial charge is 0.389 e. The van der Waals surface area contributed by atoms with E-state index in [-0.39, 0.29) is 19.0 Å². The fourth-order valence-electron chi connectivity index (χ4n) is 1.63. The lowest BCUT2D eigenvalue weighted by atomic mass is 9.75. The van der Waals surface area contributed by atoms with Gasteiger partial charge >= 0.3 is 0 Å². The third kappa shape index (κ3) is 2.23. The van der Waals surface area contributed by atoms with Crippen molar-refractivity contribution >= 4 is 23.7 Å². The van der Waals surface area contributed by atoms with Gasteiger partial charge in [0.15, 0.2) is 0 Å². The third-order valence-electron chi connectivity index (χ3n) is 2.54. The van der Waals surface area contributed by atoms with Crippen LogP contribution < -0.4 is 5.73 Å². The number of aliphatic hydroxyl groups is 1. The summed E-state index contributed by atoms with van der Waals surface area (Å²) < 4.78 is 0. The minimum Gasteiger partial charge on any atom is -0.389 e. The highest BCUT2D eigenvalue weighted by molar-refractivity contribution is 7.11. The lowest BCUT2D eigenvalue weighted by Gasteiger charge is -2.32. The molecule has 3 N–H and O–H groups in total. The monoisotopic (exact) mass is 235 g/mol. The number of aromatic nitrogens is 2. The Morgan fingerprint density at radius 2 is 2.14 bits per heavy atom. The number of nitrogens with two attached hydrogens (primary N) is 1. The summed E-state index contributed by atoms with van der Waals surface area (Å²) >= 11 is 1.52. The molecule has 0 unspecified atom stereocenters. The Balaban J connectivity index is 0.000000980. The minimum atomic E-state index is 0. The maximum absolute atomic E-state index is 8.81. The quantitative estimate of drug-likeness (QED) is 0.817. The molecule has 1 aromatic heterocycles.